The van der Waals surface area contributed by atoms with Crippen LogP contribution in [0.25, 0.3) is 11.3 Å². The molecule has 0 bridgehead atoms. The Balaban J connectivity index is 1.85. The van der Waals surface area contributed by atoms with E-state index in [-0.39, 0.29) is 0 Å². The van der Waals surface area contributed by atoms with Gasteiger partial charge in [-0.25, -0.2) is 15.4 Å². The number of rotatable bonds is 4. The summed E-state index contributed by atoms with van der Waals surface area (Å²) in [5.41, 5.74) is 7.75. The van der Waals surface area contributed by atoms with Gasteiger partial charge in [-0.15, -0.1) is 0 Å². The molecule has 0 fully saturated rings. The molecule has 23 heavy (non-hydrogen) atoms. The maximum Gasteiger partial charge on any atom is 0.244 e. The molecule has 4 nitrogen and oxygen atoms in total. The van der Waals surface area contributed by atoms with E-state index in [1.54, 1.807) is 0 Å². The minimum atomic E-state index is 0.499. The summed E-state index contributed by atoms with van der Waals surface area (Å²) in [5.74, 6) is 0.499. The Kier molecular flexibility index (Phi) is 4.43. The molecule has 0 radical (unpaired) electrons. The summed E-state index contributed by atoms with van der Waals surface area (Å²) in [5, 5.41) is 4.38. The molecule has 1 aromatic heterocycles. The number of benzene rings is 2. The molecule has 3 aromatic rings. The second-order valence-corrected chi connectivity index (χ2v) is 5.26. The van der Waals surface area contributed by atoms with Crippen LogP contribution in [0.5, 0.6) is 0 Å². The molecular formula is C19H18N4. The fourth-order valence-corrected chi connectivity index (χ4v) is 2.25. The number of aryl methyl sites for hydroxylation is 1. The van der Waals surface area contributed by atoms with Crippen molar-refractivity contribution >= 4 is 11.7 Å². The van der Waals surface area contributed by atoms with Gasteiger partial charge in [0.25, 0.3) is 0 Å². The third kappa shape index (κ3) is 3.80. The van der Waals surface area contributed by atoms with Crippen LogP contribution in [-0.2, 0) is 0 Å². The van der Waals surface area contributed by atoms with E-state index in [9.17, 15) is 0 Å². The normalized spacial score (nSPS) is 11.3. The Labute approximate surface area is 135 Å². The highest BCUT2D eigenvalue weighted by Crippen LogP contribution is 2.18. The Bertz CT molecular complexity index is 811. The number of hydrogen-bond acceptors (Lipinski definition) is 4. The lowest BCUT2D eigenvalue weighted by Gasteiger charge is -2.06. The number of hydrazone groups is 1. The fraction of sp³-hybridized carbons (Fsp3) is 0.105. The van der Waals surface area contributed by atoms with Gasteiger partial charge < -0.3 is 0 Å². The minimum Gasteiger partial charge on any atom is -0.245 e. The number of anilines is 1. The quantitative estimate of drug-likeness (QED) is 0.578. The molecule has 4 heteroatoms. The predicted octanol–water partition coefficient (Wildman–Crippen LogP) is 4.29. The summed E-state index contributed by atoms with van der Waals surface area (Å²) in [6, 6.07) is 22.0. The van der Waals surface area contributed by atoms with E-state index in [4.69, 9.17) is 0 Å². The maximum atomic E-state index is 4.54. The highest BCUT2D eigenvalue weighted by Gasteiger charge is 2.04. The van der Waals surface area contributed by atoms with Crippen molar-refractivity contribution in [2.24, 2.45) is 5.10 Å². The standard InChI is InChI=1S/C19H18N4/c1-14-13-18(17-11-7-4-8-12-17)21-19(20-14)23-22-15(2)16-9-5-3-6-10-16/h3-13H,1-2H3,(H,20,21,23). The van der Waals surface area contributed by atoms with Gasteiger partial charge in [-0.2, -0.15) is 5.10 Å². The van der Waals surface area contributed by atoms with Crippen LogP contribution in [0, 0.1) is 6.92 Å². The summed E-state index contributed by atoms with van der Waals surface area (Å²) in [7, 11) is 0. The van der Waals surface area contributed by atoms with Crippen molar-refractivity contribution in [2.45, 2.75) is 13.8 Å². The summed E-state index contributed by atoms with van der Waals surface area (Å²) in [6.45, 7) is 3.91. The largest absolute Gasteiger partial charge is 0.245 e. The van der Waals surface area contributed by atoms with Crippen molar-refractivity contribution in [1.29, 1.82) is 0 Å². The van der Waals surface area contributed by atoms with Crippen molar-refractivity contribution in [2.75, 3.05) is 5.43 Å². The Morgan fingerprint density at radius 1 is 0.913 bits per heavy atom. The third-order valence-corrected chi connectivity index (χ3v) is 3.44. The first-order chi connectivity index (χ1) is 11.2. The zero-order valence-electron chi connectivity index (χ0n) is 13.2. The van der Waals surface area contributed by atoms with Crippen LogP contribution in [0.4, 0.5) is 5.95 Å². The second-order valence-electron chi connectivity index (χ2n) is 5.26. The van der Waals surface area contributed by atoms with Crippen LogP contribution in [0.3, 0.4) is 0 Å². The number of nitrogens with zero attached hydrogens (tertiary/aromatic N) is 3. The molecule has 0 aliphatic heterocycles. The second kappa shape index (κ2) is 6.83. The third-order valence-electron chi connectivity index (χ3n) is 3.44. The van der Waals surface area contributed by atoms with Gasteiger partial charge >= 0.3 is 0 Å². The van der Waals surface area contributed by atoms with Crippen molar-refractivity contribution in [3.05, 3.63) is 78.0 Å². The smallest absolute Gasteiger partial charge is 0.244 e. The van der Waals surface area contributed by atoms with E-state index >= 15 is 0 Å². The van der Waals surface area contributed by atoms with Crippen LogP contribution in [0.15, 0.2) is 71.8 Å². The molecule has 3 rings (SSSR count). The summed E-state index contributed by atoms with van der Waals surface area (Å²) in [6.07, 6.45) is 0. The highest BCUT2D eigenvalue weighted by atomic mass is 15.4. The van der Waals surface area contributed by atoms with E-state index < -0.39 is 0 Å². The minimum absolute atomic E-state index is 0.499. The predicted molar refractivity (Wildman–Crippen MR) is 94.5 cm³/mol. The van der Waals surface area contributed by atoms with Crippen molar-refractivity contribution in [3.63, 3.8) is 0 Å². The molecule has 0 saturated carbocycles. The van der Waals surface area contributed by atoms with Gasteiger partial charge in [0.15, 0.2) is 0 Å². The van der Waals surface area contributed by atoms with E-state index in [1.807, 2.05) is 80.6 Å². The SMILES string of the molecule is CC(=NNc1nc(C)cc(-c2ccccc2)n1)c1ccccc1. The van der Waals surface area contributed by atoms with Gasteiger partial charge in [-0.3, -0.25) is 0 Å². The highest BCUT2D eigenvalue weighted by molar-refractivity contribution is 5.98. The van der Waals surface area contributed by atoms with E-state index in [1.165, 1.54) is 0 Å². The van der Waals surface area contributed by atoms with Crippen LogP contribution < -0.4 is 5.43 Å². The number of nitrogens with one attached hydrogen (secondary N) is 1. The van der Waals surface area contributed by atoms with Crippen LogP contribution in [-0.4, -0.2) is 15.7 Å². The summed E-state index contributed by atoms with van der Waals surface area (Å²) >= 11 is 0. The van der Waals surface area contributed by atoms with Crippen LogP contribution in [0.1, 0.15) is 18.2 Å². The average Bonchev–Trinajstić information content (AvgIpc) is 2.61. The molecule has 0 unspecified atom stereocenters. The lowest BCUT2D eigenvalue weighted by molar-refractivity contribution is 1.07. The van der Waals surface area contributed by atoms with Gasteiger partial charge in [0.2, 0.25) is 5.95 Å². The molecular weight excluding hydrogens is 284 g/mol. The van der Waals surface area contributed by atoms with Crippen molar-refractivity contribution in [3.8, 4) is 11.3 Å². The lowest BCUT2D eigenvalue weighted by atomic mass is 10.1. The molecule has 0 aliphatic carbocycles. The fourth-order valence-electron chi connectivity index (χ4n) is 2.25. The van der Waals surface area contributed by atoms with Crippen molar-refractivity contribution in [1.82, 2.24) is 9.97 Å². The zero-order chi connectivity index (χ0) is 16.1. The Morgan fingerprint density at radius 2 is 1.57 bits per heavy atom. The van der Waals surface area contributed by atoms with E-state index in [0.29, 0.717) is 5.95 Å². The zero-order valence-corrected chi connectivity index (χ0v) is 13.2. The Morgan fingerprint density at radius 3 is 2.26 bits per heavy atom. The first-order valence-electron chi connectivity index (χ1n) is 7.49. The van der Waals surface area contributed by atoms with Crippen LogP contribution >= 0.6 is 0 Å². The molecule has 1 N–H and O–H groups in total. The number of hydrogen-bond donors (Lipinski definition) is 1. The topological polar surface area (TPSA) is 50.2 Å². The molecule has 0 saturated heterocycles. The lowest BCUT2D eigenvalue weighted by Crippen LogP contribution is -2.03. The Hall–Kier alpha value is -3.01. The van der Waals surface area contributed by atoms with E-state index in [0.717, 1.165) is 28.2 Å². The van der Waals surface area contributed by atoms with Crippen LogP contribution in [0.2, 0.25) is 0 Å². The molecule has 0 aliphatic rings. The first-order valence-corrected chi connectivity index (χ1v) is 7.49. The number of aromatic nitrogens is 2. The molecule has 114 valence electrons. The van der Waals surface area contributed by atoms with Crippen molar-refractivity contribution < 1.29 is 0 Å². The van der Waals surface area contributed by atoms with Gasteiger partial charge in [-0.1, -0.05) is 60.7 Å². The van der Waals surface area contributed by atoms with E-state index in [2.05, 4.69) is 20.5 Å². The molecule has 0 spiro atoms. The first kappa shape index (κ1) is 14.9. The molecule has 0 amide bonds. The van der Waals surface area contributed by atoms with Gasteiger partial charge in [-0.05, 0) is 25.5 Å². The van der Waals surface area contributed by atoms with Gasteiger partial charge in [0.05, 0.1) is 11.4 Å². The van der Waals surface area contributed by atoms with Gasteiger partial charge in [0.1, 0.15) is 0 Å². The van der Waals surface area contributed by atoms with Gasteiger partial charge in [0, 0.05) is 11.3 Å². The summed E-state index contributed by atoms with van der Waals surface area (Å²) in [4.78, 5) is 8.94. The molecule has 1 heterocycles. The molecule has 2 aromatic carbocycles. The average molecular weight is 302 g/mol. The molecule has 0 atom stereocenters. The maximum absolute atomic E-state index is 4.54. The summed E-state index contributed by atoms with van der Waals surface area (Å²) < 4.78 is 0. The monoisotopic (exact) mass is 302 g/mol.